The van der Waals surface area contributed by atoms with Crippen LogP contribution in [-0.2, 0) is 11.3 Å². The normalized spacial score (nSPS) is 10.3. The zero-order valence-corrected chi connectivity index (χ0v) is 12.3. The number of carbonyl (C=O) groups excluding carboxylic acids is 1. The molecule has 2 rings (SSSR count). The minimum atomic E-state index is -0.705. The van der Waals surface area contributed by atoms with E-state index in [9.17, 15) is 19.7 Å². The maximum atomic E-state index is 11.9. The highest BCUT2D eigenvalue weighted by Gasteiger charge is 2.12. The quantitative estimate of drug-likeness (QED) is 0.676. The summed E-state index contributed by atoms with van der Waals surface area (Å²) >= 11 is 11.3. The van der Waals surface area contributed by atoms with Gasteiger partial charge >= 0.3 is 0 Å². The van der Waals surface area contributed by atoms with Gasteiger partial charge in [0, 0.05) is 17.8 Å². The largest absolute Gasteiger partial charge is 0.324 e. The molecule has 0 bridgehead atoms. The Morgan fingerprint density at radius 2 is 2.14 bits per heavy atom. The Hall–Kier alpha value is -2.45. The molecule has 0 saturated heterocycles. The number of benzene rings is 1. The van der Waals surface area contributed by atoms with Crippen LogP contribution in [0.5, 0.6) is 0 Å². The molecular weight excluding hydrogens is 335 g/mol. The van der Waals surface area contributed by atoms with Crippen LogP contribution in [0.2, 0.25) is 10.0 Å². The molecule has 0 aliphatic rings. The summed E-state index contributed by atoms with van der Waals surface area (Å²) < 4.78 is 0.834. The predicted molar refractivity (Wildman–Crippen MR) is 80.2 cm³/mol. The van der Waals surface area contributed by atoms with E-state index in [2.05, 4.69) is 10.4 Å². The molecule has 0 unspecified atom stereocenters. The van der Waals surface area contributed by atoms with E-state index in [-0.39, 0.29) is 21.4 Å². The van der Waals surface area contributed by atoms with Gasteiger partial charge in [-0.1, -0.05) is 29.3 Å². The van der Waals surface area contributed by atoms with Gasteiger partial charge in [0.1, 0.15) is 11.6 Å². The number of nitrogens with one attached hydrogen (secondary N) is 1. The first-order valence-corrected chi connectivity index (χ1v) is 6.59. The Balaban J connectivity index is 2.14. The average Bonchev–Trinajstić information content (AvgIpc) is 2.48. The second-order valence-corrected chi connectivity index (χ2v) is 4.91. The zero-order chi connectivity index (χ0) is 16.3. The number of rotatable bonds is 4. The van der Waals surface area contributed by atoms with Crippen molar-refractivity contribution in [3.05, 3.63) is 61.0 Å². The van der Waals surface area contributed by atoms with E-state index < -0.39 is 22.9 Å². The minimum absolute atomic E-state index is 0.0120. The highest BCUT2D eigenvalue weighted by molar-refractivity contribution is 6.41. The number of nitro benzene ring substituents is 1. The number of hydrogen-bond acceptors (Lipinski definition) is 5. The van der Waals surface area contributed by atoms with E-state index in [0.29, 0.717) is 0 Å². The van der Waals surface area contributed by atoms with Gasteiger partial charge in [-0.2, -0.15) is 5.10 Å². The Bertz CT molecular complexity index is 806. The van der Waals surface area contributed by atoms with E-state index in [0.717, 1.165) is 10.9 Å². The van der Waals surface area contributed by atoms with Gasteiger partial charge in [-0.3, -0.25) is 19.7 Å². The number of carbonyl (C=O) groups is 1. The maximum absolute atomic E-state index is 11.9. The molecule has 0 aliphatic heterocycles. The molecule has 0 aliphatic carbocycles. The third-order valence-corrected chi connectivity index (χ3v) is 3.33. The molecule has 2 aromatic rings. The van der Waals surface area contributed by atoms with Gasteiger partial charge in [0.2, 0.25) is 5.91 Å². The van der Waals surface area contributed by atoms with Crippen molar-refractivity contribution in [3.63, 3.8) is 0 Å². The summed E-state index contributed by atoms with van der Waals surface area (Å²) in [5.41, 5.74) is -0.640. The number of nitro groups is 1. The molecule has 1 N–H and O–H groups in total. The summed E-state index contributed by atoms with van der Waals surface area (Å²) in [4.78, 5) is 33.7. The summed E-state index contributed by atoms with van der Waals surface area (Å²) in [5.74, 6) is -0.589. The van der Waals surface area contributed by atoms with E-state index in [1.54, 1.807) is 0 Å². The van der Waals surface area contributed by atoms with E-state index in [1.165, 1.54) is 24.3 Å². The molecule has 1 heterocycles. The van der Waals surface area contributed by atoms with Crippen molar-refractivity contribution >= 4 is 40.5 Å². The van der Waals surface area contributed by atoms with Crippen LogP contribution in [0.4, 0.5) is 11.4 Å². The van der Waals surface area contributed by atoms with Crippen LogP contribution in [0.25, 0.3) is 0 Å². The van der Waals surface area contributed by atoms with Crippen molar-refractivity contribution in [1.29, 1.82) is 0 Å². The summed E-state index contributed by atoms with van der Waals surface area (Å²) in [6.07, 6.45) is 1.14. The van der Waals surface area contributed by atoms with Crippen molar-refractivity contribution in [2.24, 2.45) is 0 Å². The first-order chi connectivity index (χ1) is 10.4. The Kier molecular flexibility index (Phi) is 4.74. The molecule has 8 nitrogen and oxygen atoms in total. The fourth-order valence-electron chi connectivity index (χ4n) is 1.59. The Morgan fingerprint density at radius 1 is 1.41 bits per heavy atom. The summed E-state index contributed by atoms with van der Waals surface area (Å²) in [7, 11) is 0. The lowest BCUT2D eigenvalue weighted by atomic mass is 10.3. The van der Waals surface area contributed by atoms with E-state index >= 15 is 0 Å². The van der Waals surface area contributed by atoms with Gasteiger partial charge in [-0.25, -0.2) is 4.68 Å². The first kappa shape index (κ1) is 15.9. The first-order valence-electron chi connectivity index (χ1n) is 5.84. The summed E-state index contributed by atoms with van der Waals surface area (Å²) in [6.45, 7) is -0.404. The second-order valence-electron chi connectivity index (χ2n) is 4.12. The fraction of sp³-hybridized carbons (Fsp3) is 0.0833. The number of non-ortho nitro benzene ring substituents is 1. The molecule has 0 fully saturated rings. The van der Waals surface area contributed by atoms with Crippen LogP contribution in [0, 0.1) is 10.1 Å². The molecule has 22 heavy (non-hydrogen) atoms. The van der Waals surface area contributed by atoms with Crippen LogP contribution in [0.3, 0.4) is 0 Å². The smallest absolute Gasteiger partial charge is 0.287 e. The second kappa shape index (κ2) is 6.54. The number of halogens is 2. The van der Waals surface area contributed by atoms with Crippen molar-refractivity contribution in [1.82, 2.24) is 9.78 Å². The van der Waals surface area contributed by atoms with Crippen LogP contribution >= 0.6 is 23.2 Å². The maximum Gasteiger partial charge on any atom is 0.287 e. The van der Waals surface area contributed by atoms with Gasteiger partial charge in [0.05, 0.1) is 16.1 Å². The minimum Gasteiger partial charge on any atom is -0.324 e. The predicted octanol–water partition coefficient (Wildman–Crippen LogP) is 2.10. The molecule has 0 radical (unpaired) electrons. The summed E-state index contributed by atoms with van der Waals surface area (Å²) in [6, 6.07) is 5.40. The number of hydrogen-bond donors (Lipinski definition) is 1. The van der Waals surface area contributed by atoms with Gasteiger partial charge in [0.15, 0.2) is 0 Å². The van der Waals surface area contributed by atoms with E-state index in [4.69, 9.17) is 23.2 Å². The average molecular weight is 343 g/mol. The molecule has 10 heteroatoms. The van der Waals surface area contributed by atoms with Crippen LogP contribution in [0.1, 0.15) is 0 Å². The lowest BCUT2D eigenvalue weighted by Crippen LogP contribution is -2.29. The van der Waals surface area contributed by atoms with Gasteiger partial charge in [-0.15, -0.1) is 0 Å². The number of anilines is 1. The standard InChI is InChI=1S/C12H8Cl2N4O4/c13-9-5-15-17(12(20)11(9)14)6-10(19)16-7-2-1-3-8(4-7)18(21)22/h1-5H,6H2,(H,16,19). The molecule has 1 aromatic heterocycles. The van der Waals surface area contributed by atoms with Crippen molar-refractivity contribution in [2.45, 2.75) is 6.54 Å². The molecule has 0 saturated carbocycles. The van der Waals surface area contributed by atoms with Gasteiger partial charge < -0.3 is 5.32 Å². The lowest BCUT2D eigenvalue weighted by molar-refractivity contribution is -0.384. The topological polar surface area (TPSA) is 107 Å². The molecule has 0 atom stereocenters. The lowest BCUT2D eigenvalue weighted by Gasteiger charge is -2.07. The number of aromatic nitrogens is 2. The third kappa shape index (κ3) is 3.60. The molecular formula is C12H8Cl2N4O4. The molecule has 0 spiro atoms. The SMILES string of the molecule is O=C(Cn1ncc(Cl)c(Cl)c1=O)Nc1cccc([N+](=O)[O-])c1. The van der Waals surface area contributed by atoms with Gasteiger partial charge in [-0.05, 0) is 6.07 Å². The van der Waals surface area contributed by atoms with Crippen molar-refractivity contribution in [3.8, 4) is 0 Å². The van der Waals surface area contributed by atoms with Crippen LogP contribution < -0.4 is 10.9 Å². The van der Waals surface area contributed by atoms with Crippen molar-refractivity contribution in [2.75, 3.05) is 5.32 Å². The van der Waals surface area contributed by atoms with E-state index in [1.807, 2.05) is 0 Å². The third-order valence-electron chi connectivity index (χ3n) is 2.58. The Morgan fingerprint density at radius 3 is 2.82 bits per heavy atom. The molecule has 1 amide bonds. The highest BCUT2D eigenvalue weighted by atomic mass is 35.5. The monoisotopic (exact) mass is 342 g/mol. The highest BCUT2D eigenvalue weighted by Crippen LogP contribution is 2.17. The fourth-order valence-corrected chi connectivity index (χ4v) is 1.86. The Labute approximate surface area is 133 Å². The number of amides is 1. The van der Waals surface area contributed by atoms with Gasteiger partial charge in [0.25, 0.3) is 11.2 Å². The number of nitrogens with zero attached hydrogens (tertiary/aromatic N) is 3. The van der Waals surface area contributed by atoms with Crippen LogP contribution in [0.15, 0.2) is 35.3 Å². The zero-order valence-electron chi connectivity index (χ0n) is 10.8. The molecule has 114 valence electrons. The molecule has 1 aromatic carbocycles. The summed E-state index contributed by atoms with van der Waals surface area (Å²) in [5, 5.41) is 16.5. The van der Waals surface area contributed by atoms with Crippen LogP contribution in [-0.4, -0.2) is 20.6 Å². The van der Waals surface area contributed by atoms with Crippen molar-refractivity contribution < 1.29 is 9.72 Å².